The zero-order valence-electron chi connectivity index (χ0n) is 16.8. The van der Waals surface area contributed by atoms with Crippen LogP contribution in [0.1, 0.15) is 25.3 Å². The number of ether oxygens (including phenoxy) is 1. The summed E-state index contributed by atoms with van der Waals surface area (Å²) < 4.78 is 18.5. The number of H-pyrrole nitrogens is 1. The molecule has 3 N–H and O–H groups in total. The fraction of sp³-hybridized carbons (Fsp3) is 0.500. The molecule has 0 spiro atoms. The molecular formula is C20H29FIN5O2. The van der Waals surface area contributed by atoms with Crippen molar-refractivity contribution in [2.45, 2.75) is 32.2 Å². The maximum atomic E-state index is 13.5. The standard InChI is InChI=1S/C20H28FN5O2.HI/c1-3-28-20(27)26-10-7-16(8-11-26)25-19(22-2)23-9-6-14-13-24-18-5-4-15(21)12-17(14)18;/h4-5,12-13,16,24H,3,6-11H2,1-2H3,(H2,22,23,25);1H. The summed E-state index contributed by atoms with van der Waals surface area (Å²) in [4.78, 5) is 21.0. The number of nitrogens with zero attached hydrogens (tertiary/aromatic N) is 2. The predicted octanol–water partition coefficient (Wildman–Crippen LogP) is 3.25. The molecule has 0 radical (unpaired) electrons. The quantitative estimate of drug-likeness (QED) is 0.323. The van der Waals surface area contributed by atoms with Crippen LogP contribution in [0.3, 0.4) is 0 Å². The van der Waals surface area contributed by atoms with Crippen LogP contribution >= 0.6 is 24.0 Å². The minimum atomic E-state index is -0.237. The maximum absolute atomic E-state index is 13.5. The van der Waals surface area contributed by atoms with E-state index in [1.807, 2.05) is 13.1 Å². The van der Waals surface area contributed by atoms with Crippen molar-refractivity contribution in [3.8, 4) is 0 Å². The molecule has 1 aromatic heterocycles. The fourth-order valence-electron chi connectivity index (χ4n) is 3.48. The van der Waals surface area contributed by atoms with E-state index in [-0.39, 0.29) is 41.9 Å². The third-order valence-electron chi connectivity index (χ3n) is 5.00. The number of benzene rings is 1. The lowest BCUT2D eigenvalue weighted by molar-refractivity contribution is 0.0963. The van der Waals surface area contributed by atoms with E-state index in [9.17, 15) is 9.18 Å². The first-order valence-electron chi connectivity index (χ1n) is 9.75. The number of rotatable bonds is 5. The molecule has 0 bridgehead atoms. The summed E-state index contributed by atoms with van der Waals surface area (Å²) in [6.07, 6.45) is 4.14. The number of fused-ring (bicyclic) bond motifs is 1. The summed E-state index contributed by atoms with van der Waals surface area (Å²) in [5.41, 5.74) is 2.01. The normalized spacial score (nSPS) is 15.1. The van der Waals surface area contributed by atoms with Crippen LogP contribution in [0.25, 0.3) is 10.9 Å². The van der Waals surface area contributed by atoms with Crippen molar-refractivity contribution in [3.63, 3.8) is 0 Å². The average Bonchev–Trinajstić information content (AvgIpc) is 3.10. The number of halogens is 2. The number of aromatic amines is 1. The van der Waals surface area contributed by atoms with Crippen LogP contribution < -0.4 is 10.6 Å². The first-order valence-corrected chi connectivity index (χ1v) is 9.75. The van der Waals surface area contributed by atoms with Crippen molar-refractivity contribution in [1.82, 2.24) is 20.5 Å². The summed E-state index contributed by atoms with van der Waals surface area (Å²) in [5, 5.41) is 7.64. The molecule has 0 saturated carbocycles. The Bertz CT molecular complexity index is 833. The highest BCUT2D eigenvalue weighted by Gasteiger charge is 2.24. The van der Waals surface area contributed by atoms with Crippen LogP contribution in [0.2, 0.25) is 0 Å². The largest absolute Gasteiger partial charge is 0.450 e. The van der Waals surface area contributed by atoms with Gasteiger partial charge >= 0.3 is 6.09 Å². The van der Waals surface area contributed by atoms with Crippen molar-refractivity contribution in [2.24, 2.45) is 4.99 Å². The molecule has 1 aromatic carbocycles. The molecule has 0 atom stereocenters. The van der Waals surface area contributed by atoms with Crippen molar-refractivity contribution >= 4 is 46.9 Å². The molecule has 29 heavy (non-hydrogen) atoms. The van der Waals surface area contributed by atoms with Crippen LogP contribution in [-0.2, 0) is 11.2 Å². The number of carbonyl (C=O) groups is 1. The monoisotopic (exact) mass is 517 g/mol. The lowest BCUT2D eigenvalue weighted by atomic mass is 10.1. The van der Waals surface area contributed by atoms with Crippen LogP contribution in [0, 0.1) is 5.82 Å². The summed E-state index contributed by atoms with van der Waals surface area (Å²) in [7, 11) is 1.74. The lowest BCUT2D eigenvalue weighted by Gasteiger charge is -2.32. The van der Waals surface area contributed by atoms with Gasteiger partial charge in [0.2, 0.25) is 0 Å². The SMILES string of the molecule is CCOC(=O)N1CCC(NC(=NC)NCCc2c[nH]c3ccc(F)cc23)CC1.I. The molecule has 1 saturated heterocycles. The van der Waals surface area contributed by atoms with Crippen molar-refractivity contribution in [3.05, 3.63) is 35.8 Å². The second-order valence-electron chi connectivity index (χ2n) is 6.86. The van der Waals surface area contributed by atoms with Gasteiger partial charge in [-0.15, -0.1) is 24.0 Å². The van der Waals surface area contributed by atoms with E-state index < -0.39 is 0 Å². The molecule has 2 heterocycles. The highest BCUT2D eigenvalue weighted by Crippen LogP contribution is 2.19. The van der Waals surface area contributed by atoms with Gasteiger partial charge in [0.25, 0.3) is 0 Å². The van der Waals surface area contributed by atoms with Gasteiger partial charge in [0.05, 0.1) is 6.61 Å². The number of likely N-dealkylation sites (tertiary alicyclic amines) is 1. The molecule has 7 nitrogen and oxygen atoms in total. The van der Waals surface area contributed by atoms with Gasteiger partial charge in [-0.2, -0.15) is 0 Å². The van der Waals surface area contributed by atoms with Gasteiger partial charge in [-0.1, -0.05) is 0 Å². The minimum absolute atomic E-state index is 0. The number of aromatic nitrogens is 1. The van der Waals surface area contributed by atoms with E-state index in [2.05, 4.69) is 20.6 Å². The summed E-state index contributed by atoms with van der Waals surface area (Å²) in [6, 6.07) is 5.04. The fourth-order valence-corrected chi connectivity index (χ4v) is 3.48. The number of hydrogen-bond donors (Lipinski definition) is 3. The number of guanidine groups is 1. The molecule has 9 heteroatoms. The van der Waals surface area contributed by atoms with Crippen LogP contribution in [0.4, 0.5) is 9.18 Å². The zero-order valence-corrected chi connectivity index (χ0v) is 19.2. The average molecular weight is 517 g/mol. The van der Waals surface area contributed by atoms with E-state index in [1.165, 1.54) is 6.07 Å². The van der Waals surface area contributed by atoms with Crippen molar-refractivity contribution in [1.29, 1.82) is 0 Å². The Morgan fingerprint density at radius 3 is 2.83 bits per heavy atom. The van der Waals surface area contributed by atoms with Gasteiger partial charge in [0.1, 0.15) is 5.82 Å². The predicted molar refractivity (Wildman–Crippen MR) is 123 cm³/mol. The Morgan fingerprint density at radius 2 is 2.14 bits per heavy atom. The second kappa shape index (κ2) is 11.2. The van der Waals surface area contributed by atoms with Gasteiger partial charge in [-0.25, -0.2) is 9.18 Å². The molecule has 0 unspecified atom stereocenters. The number of piperidine rings is 1. The molecule has 1 fully saturated rings. The number of amides is 1. The van der Waals surface area contributed by atoms with Crippen LogP contribution in [0.5, 0.6) is 0 Å². The number of aliphatic imine (C=N–C) groups is 1. The van der Waals surface area contributed by atoms with Gasteiger partial charge in [0.15, 0.2) is 5.96 Å². The highest BCUT2D eigenvalue weighted by molar-refractivity contribution is 14.0. The summed E-state index contributed by atoms with van der Waals surface area (Å²) in [5.74, 6) is 0.508. The van der Waals surface area contributed by atoms with Crippen LogP contribution in [0.15, 0.2) is 29.4 Å². The van der Waals surface area contributed by atoms with E-state index >= 15 is 0 Å². The Hall–Kier alpha value is -2.04. The Balaban J connectivity index is 0.00000300. The number of carbonyl (C=O) groups excluding carboxylic acids is 1. The summed E-state index contributed by atoms with van der Waals surface area (Å²) in [6.45, 7) is 4.25. The van der Waals surface area contributed by atoms with E-state index in [1.54, 1.807) is 24.1 Å². The lowest BCUT2D eigenvalue weighted by Crippen LogP contribution is -2.50. The Morgan fingerprint density at radius 1 is 1.38 bits per heavy atom. The molecular weight excluding hydrogens is 488 g/mol. The van der Waals surface area contributed by atoms with Gasteiger partial charge in [-0.05, 0) is 49.9 Å². The zero-order chi connectivity index (χ0) is 19.9. The molecule has 0 aliphatic carbocycles. The minimum Gasteiger partial charge on any atom is -0.450 e. The summed E-state index contributed by atoms with van der Waals surface area (Å²) >= 11 is 0. The second-order valence-corrected chi connectivity index (χ2v) is 6.86. The molecule has 2 aromatic rings. The molecule has 1 amide bonds. The Labute approximate surface area is 187 Å². The van der Waals surface area contributed by atoms with E-state index in [0.29, 0.717) is 26.2 Å². The topological polar surface area (TPSA) is 81.8 Å². The first kappa shape index (κ1) is 23.2. The smallest absolute Gasteiger partial charge is 0.409 e. The van der Waals surface area contributed by atoms with Gasteiger partial charge < -0.3 is 25.3 Å². The van der Waals surface area contributed by atoms with Crippen LogP contribution in [-0.4, -0.2) is 61.3 Å². The van der Waals surface area contributed by atoms with E-state index in [4.69, 9.17) is 4.74 Å². The highest BCUT2D eigenvalue weighted by atomic mass is 127. The molecule has 160 valence electrons. The van der Waals surface area contributed by atoms with Crippen molar-refractivity contribution in [2.75, 3.05) is 33.3 Å². The third-order valence-corrected chi connectivity index (χ3v) is 5.00. The Kier molecular flexibility index (Phi) is 8.99. The third kappa shape index (κ3) is 6.22. The molecule has 3 rings (SSSR count). The maximum Gasteiger partial charge on any atom is 0.409 e. The number of hydrogen-bond acceptors (Lipinski definition) is 3. The van der Waals surface area contributed by atoms with Gasteiger partial charge in [-0.3, -0.25) is 4.99 Å². The van der Waals surface area contributed by atoms with E-state index in [0.717, 1.165) is 41.7 Å². The molecule has 1 aliphatic rings. The number of nitrogens with one attached hydrogen (secondary N) is 3. The van der Waals surface area contributed by atoms with Gasteiger partial charge in [0, 0.05) is 49.8 Å². The first-order chi connectivity index (χ1) is 13.6. The molecule has 1 aliphatic heterocycles. The van der Waals surface area contributed by atoms with Crippen molar-refractivity contribution < 1.29 is 13.9 Å².